The van der Waals surface area contributed by atoms with Crippen molar-refractivity contribution in [1.82, 2.24) is 0 Å². The molecule has 102 valence electrons. The maximum absolute atomic E-state index is 10.4. The second kappa shape index (κ2) is 6.10. The van der Waals surface area contributed by atoms with Gasteiger partial charge in [-0.05, 0) is 30.3 Å². The highest BCUT2D eigenvalue weighted by molar-refractivity contribution is 6.30. The molecule has 0 spiro atoms. The lowest BCUT2D eigenvalue weighted by molar-refractivity contribution is 0.120. The minimum atomic E-state index is -0.840. The van der Waals surface area contributed by atoms with Crippen LogP contribution in [-0.2, 0) is 0 Å². The summed E-state index contributed by atoms with van der Waals surface area (Å²) in [4.78, 5) is 0. The van der Waals surface area contributed by atoms with Crippen molar-refractivity contribution >= 4 is 11.6 Å². The maximum atomic E-state index is 10.4. The zero-order chi connectivity index (χ0) is 13.8. The molecule has 1 aromatic heterocycles. The van der Waals surface area contributed by atoms with E-state index in [0.29, 0.717) is 16.5 Å². The number of hydrogen-bond donors (Lipinski definition) is 2. The molecule has 4 nitrogen and oxygen atoms in total. The molecule has 0 fully saturated rings. The summed E-state index contributed by atoms with van der Waals surface area (Å²) in [5.74, 6) is 0.766. The average molecular weight is 282 g/mol. The number of hydrogen-bond acceptors (Lipinski definition) is 4. The fourth-order valence-corrected chi connectivity index (χ4v) is 2.26. The fourth-order valence-electron chi connectivity index (χ4n) is 2.08. The van der Waals surface area contributed by atoms with E-state index < -0.39 is 6.10 Å². The van der Waals surface area contributed by atoms with Crippen LogP contribution in [0, 0.1) is 0 Å². The minimum Gasteiger partial charge on any atom is -0.496 e. The van der Waals surface area contributed by atoms with E-state index in [1.165, 1.54) is 6.26 Å². The Morgan fingerprint density at radius 3 is 2.79 bits per heavy atom. The Morgan fingerprint density at radius 2 is 2.21 bits per heavy atom. The summed E-state index contributed by atoms with van der Waals surface area (Å²) in [6.07, 6.45) is 0.675. The Balaban J connectivity index is 2.39. The molecule has 0 bridgehead atoms. The highest BCUT2D eigenvalue weighted by Crippen LogP contribution is 2.36. The van der Waals surface area contributed by atoms with E-state index in [4.69, 9.17) is 26.5 Å². The molecule has 0 amide bonds. The number of nitrogens with two attached hydrogens (primary N) is 1. The largest absolute Gasteiger partial charge is 0.496 e. The van der Waals surface area contributed by atoms with Gasteiger partial charge in [-0.15, -0.1) is 0 Å². The third-order valence-electron chi connectivity index (χ3n) is 3.06. The van der Waals surface area contributed by atoms with Crippen LogP contribution in [0.25, 0.3) is 0 Å². The summed E-state index contributed by atoms with van der Waals surface area (Å²) in [6.45, 7) is 0.249. The molecule has 0 radical (unpaired) electrons. The van der Waals surface area contributed by atoms with Crippen LogP contribution >= 0.6 is 11.6 Å². The van der Waals surface area contributed by atoms with E-state index in [1.807, 2.05) is 0 Å². The fraction of sp³-hybridized carbons (Fsp3) is 0.286. The lowest BCUT2D eigenvalue weighted by Crippen LogP contribution is -2.20. The van der Waals surface area contributed by atoms with Crippen molar-refractivity contribution in [1.29, 1.82) is 0 Å². The lowest BCUT2D eigenvalue weighted by Gasteiger charge is -2.22. The zero-order valence-electron chi connectivity index (χ0n) is 10.5. The summed E-state index contributed by atoms with van der Waals surface area (Å²) >= 11 is 6.00. The molecule has 5 heteroatoms. The molecule has 0 aliphatic rings. The van der Waals surface area contributed by atoms with Gasteiger partial charge in [0.25, 0.3) is 0 Å². The molecule has 0 saturated carbocycles. The lowest BCUT2D eigenvalue weighted by atomic mass is 9.91. The third-order valence-corrected chi connectivity index (χ3v) is 3.30. The maximum Gasteiger partial charge on any atom is 0.132 e. The van der Waals surface area contributed by atoms with E-state index in [-0.39, 0.29) is 12.5 Å². The van der Waals surface area contributed by atoms with Gasteiger partial charge in [-0.2, -0.15) is 0 Å². The van der Waals surface area contributed by atoms with Crippen molar-refractivity contribution in [3.8, 4) is 5.75 Å². The standard InChI is InChI=1S/C14H16ClNO3/c1-18-12-5-4-9(15)7-10(12)11(8-16)14(17)13-3-2-6-19-13/h2-7,11,14,17H,8,16H2,1H3. The molecule has 2 rings (SSSR count). The number of methoxy groups -OCH3 is 1. The first-order valence-electron chi connectivity index (χ1n) is 5.92. The SMILES string of the molecule is COc1ccc(Cl)cc1C(CN)C(O)c1ccco1. The van der Waals surface area contributed by atoms with Gasteiger partial charge in [0.15, 0.2) is 0 Å². The molecule has 0 aliphatic carbocycles. The predicted octanol–water partition coefficient (Wildman–Crippen LogP) is 2.72. The smallest absolute Gasteiger partial charge is 0.132 e. The average Bonchev–Trinajstić information content (AvgIpc) is 2.93. The molecule has 1 aromatic carbocycles. The van der Waals surface area contributed by atoms with Crippen molar-refractivity contribution in [3.63, 3.8) is 0 Å². The summed E-state index contributed by atoms with van der Waals surface area (Å²) in [6, 6.07) is 8.68. The van der Waals surface area contributed by atoms with Crippen molar-refractivity contribution in [2.45, 2.75) is 12.0 Å². The number of aliphatic hydroxyl groups is 1. The highest BCUT2D eigenvalue weighted by atomic mass is 35.5. The van der Waals surface area contributed by atoms with Crippen LogP contribution < -0.4 is 10.5 Å². The van der Waals surface area contributed by atoms with Gasteiger partial charge in [0, 0.05) is 23.0 Å². The summed E-state index contributed by atoms with van der Waals surface area (Å²) in [5.41, 5.74) is 6.55. The molecule has 2 aromatic rings. The summed E-state index contributed by atoms with van der Waals surface area (Å²) in [5, 5.41) is 10.9. The van der Waals surface area contributed by atoms with Crippen LogP contribution in [0.2, 0.25) is 5.02 Å². The van der Waals surface area contributed by atoms with E-state index in [1.54, 1.807) is 37.4 Å². The summed E-state index contributed by atoms with van der Waals surface area (Å²) in [7, 11) is 1.57. The monoisotopic (exact) mass is 281 g/mol. The zero-order valence-corrected chi connectivity index (χ0v) is 11.3. The van der Waals surface area contributed by atoms with Crippen LogP contribution in [0.1, 0.15) is 23.3 Å². The van der Waals surface area contributed by atoms with E-state index in [9.17, 15) is 5.11 Å². The number of rotatable bonds is 5. The Hall–Kier alpha value is -1.49. The highest BCUT2D eigenvalue weighted by Gasteiger charge is 2.26. The van der Waals surface area contributed by atoms with Gasteiger partial charge >= 0.3 is 0 Å². The van der Waals surface area contributed by atoms with E-state index in [0.717, 1.165) is 5.56 Å². The first-order chi connectivity index (χ1) is 9.17. The molecule has 2 unspecified atom stereocenters. The predicted molar refractivity (Wildman–Crippen MR) is 73.5 cm³/mol. The van der Waals surface area contributed by atoms with Gasteiger partial charge in [0.2, 0.25) is 0 Å². The minimum absolute atomic E-state index is 0.249. The molecule has 1 heterocycles. The van der Waals surface area contributed by atoms with Crippen LogP contribution in [0.3, 0.4) is 0 Å². The number of ether oxygens (including phenoxy) is 1. The number of furan rings is 1. The number of benzene rings is 1. The molecule has 3 N–H and O–H groups in total. The first kappa shape index (κ1) is 13.9. The normalized spacial score (nSPS) is 14.1. The van der Waals surface area contributed by atoms with Gasteiger partial charge in [0.1, 0.15) is 17.6 Å². The van der Waals surface area contributed by atoms with Gasteiger partial charge in [0.05, 0.1) is 13.4 Å². The Bertz CT molecular complexity index is 527. The Kier molecular flexibility index (Phi) is 4.47. The molecular weight excluding hydrogens is 266 g/mol. The van der Waals surface area contributed by atoms with Crippen molar-refractivity contribution in [2.24, 2.45) is 5.73 Å². The second-order valence-electron chi connectivity index (χ2n) is 4.19. The second-order valence-corrected chi connectivity index (χ2v) is 4.63. The molecule has 0 aliphatic heterocycles. The van der Waals surface area contributed by atoms with E-state index in [2.05, 4.69) is 0 Å². The van der Waals surface area contributed by atoms with Crippen LogP contribution in [0.4, 0.5) is 0 Å². The van der Waals surface area contributed by atoms with Crippen LogP contribution in [-0.4, -0.2) is 18.8 Å². The van der Waals surface area contributed by atoms with E-state index >= 15 is 0 Å². The molecular formula is C14H16ClNO3. The molecule has 0 saturated heterocycles. The van der Waals surface area contributed by atoms with Crippen molar-refractivity contribution in [3.05, 3.63) is 52.9 Å². The Labute approximate surface area is 116 Å². The quantitative estimate of drug-likeness (QED) is 0.884. The topological polar surface area (TPSA) is 68.6 Å². The summed E-state index contributed by atoms with van der Waals surface area (Å²) < 4.78 is 10.5. The van der Waals surface area contributed by atoms with Gasteiger partial charge in [-0.3, -0.25) is 0 Å². The Morgan fingerprint density at radius 1 is 1.42 bits per heavy atom. The number of aliphatic hydroxyl groups excluding tert-OH is 1. The van der Waals surface area contributed by atoms with Gasteiger partial charge < -0.3 is 20.0 Å². The van der Waals surface area contributed by atoms with Crippen LogP contribution in [0.5, 0.6) is 5.75 Å². The third kappa shape index (κ3) is 2.92. The van der Waals surface area contributed by atoms with Crippen molar-refractivity contribution in [2.75, 3.05) is 13.7 Å². The molecule has 19 heavy (non-hydrogen) atoms. The van der Waals surface area contributed by atoms with Crippen molar-refractivity contribution < 1.29 is 14.3 Å². The molecule has 2 atom stereocenters. The van der Waals surface area contributed by atoms with Crippen LogP contribution in [0.15, 0.2) is 41.0 Å². The first-order valence-corrected chi connectivity index (χ1v) is 6.30. The van der Waals surface area contributed by atoms with Gasteiger partial charge in [-0.25, -0.2) is 0 Å². The van der Waals surface area contributed by atoms with Gasteiger partial charge in [-0.1, -0.05) is 11.6 Å². The number of halogens is 1.